The molecule has 31 heavy (non-hydrogen) atoms. The van der Waals surface area contributed by atoms with E-state index < -0.39 is 0 Å². The molecule has 1 amide bonds. The minimum atomic E-state index is -0.376. The quantitative estimate of drug-likeness (QED) is 0.462. The third-order valence-electron chi connectivity index (χ3n) is 6.01. The van der Waals surface area contributed by atoms with E-state index in [2.05, 4.69) is 57.3 Å². The lowest BCUT2D eigenvalue weighted by Gasteiger charge is -2.32. The van der Waals surface area contributed by atoms with Gasteiger partial charge in [-0.1, -0.05) is 24.3 Å². The largest absolute Gasteiger partial charge is 0.494 e. The molecule has 6 nitrogen and oxygen atoms in total. The number of benzene rings is 1. The Labute approximate surface area is 188 Å². The van der Waals surface area contributed by atoms with Gasteiger partial charge in [-0.25, -0.2) is 4.79 Å². The molecule has 1 aliphatic heterocycles. The maximum atomic E-state index is 12.0. The molecule has 0 spiro atoms. The Morgan fingerprint density at radius 1 is 1.03 bits per heavy atom. The Kier molecular flexibility index (Phi) is 8.59. The summed E-state index contributed by atoms with van der Waals surface area (Å²) < 4.78 is 22.9. The monoisotopic (exact) mass is 433 g/mol. The van der Waals surface area contributed by atoms with Crippen molar-refractivity contribution < 1.29 is 23.6 Å². The van der Waals surface area contributed by atoms with Gasteiger partial charge in [-0.05, 0) is 84.7 Å². The van der Waals surface area contributed by atoms with Gasteiger partial charge >= 0.3 is 13.2 Å². The lowest BCUT2D eigenvalue weighted by Crippen LogP contribution is -2.41. The summed E-state index contributed by atoms with van der Waals surface area (Å²) in [6.07, 6.45) is 2.30. The van der Waals surface area contributed by atoms with Crippen molar-refractivity contribution in [1.29, 1.82) is 0 Å². The lowest BCUT2D eigenvalue weighted by atomic mass is 9.78. The summed E-state index contributed by atoms with van der Waals surface area (Å²) in [5, 5.41) is 2.83. The van der Waals surface area contributed by atoms with E-state index in [0.29, 0.717) is 13.2 Å². The summed E-state index contributed by atoms with van der Waals surface area (Å²) in [4.78, 5) is 12.0. The number of rotatable bonds is 9. The Hall–Kier alpha value is -1.57. The molecule has 1 aromatic carbocycles. The van der Waals surface area contributed by atoms with Crippen LogP contribution >= 0.6 is 0 Å². The van der Waals surface area contributed by atoms with Crippen molar-refractivity contribution in [2.75, 3.05) is 20.3 Å². The average Bonchev–Trinajstić information content (AvgIpc) is 2.87. The van der Waals surface area contributed by atoms with Gasteiger partial charge in [0.2, 0.25) is 0 Å². The molecule has 0 bridgehead atoms. The van der Waals surface area contributed by atoms with E-state index in [-0.39, 0.29) is 35.9 Å². The molecule has 1 heterocycles. The normalized spacial score (nSPS) is 18.6. The van der Waals surface area contributed by atoms with Crippen molar-refractivity contribution in [3.05, 3.63) is 29.8 Å². The number of carbonyl (C=O) groups excluding carboxylic acids is 1. The third-order valence-corrected chi connectivity index (χ3v) is 6.01. The number of hydrogen-bond donors (Lipinski definition) is 1. The smallest absolute Gasteiger partial charge is 0.450 e. The Morgan fingerprint density at radius 2 is 1.61 bits per heavy atom. The molecule has 1 fully saturated rings. The van der Waals surface area contributed by atoms with Crippen LogP contribution in [0.4, 0.5) is 4.79 Å². The summed E-state index contributed by atoms with van der Waals surface area (Å²) >= 11 is 0. The predicted molar refractivity (Wildman–Crippen MR) is 125 cm³/mol. The maximum absolute atomic E-state index is 12.0. The van der Waals surface area contributed by atoms with Crippen molar-refractivity contribution in [2.45, 2.75) is 90.4 Å². The highest BCUT2D eigenvalue weighted by Crippen LogP contribution is 2.36. The lowest BCUT2D eigenvalue weighted by molar-refractivity contribution is 0.00578. The Balaban J connectivity index is 2.01. The number of methoxy groups -OCH3 is 1. The van der Waals surface area contributed by atoms with Crippen LogP contribution in [0.2, 0.25) is 0 Å². The fourth-order valence-corrected chi connectivity index (χ4v) is 3.49. The standard InChI is InChI=1S/C24H40BNO5/c1-22(2,3)26-21(27)29-17-15-18(10-9-16-28-8)19-11-13-20(14-12-19)25-30-23(4,5)24(6,7)31-25/h11-14,18H,9-10,15-17H2,1-8H3,(H,26,27). The zero-order chi connectivity index (χ0) is 23.3. The van der Waals surface area contributed by atoms with Crippen LogP contribution in [-0.2, 0) is 18.8 Å². The number of amides is 1. The molecule has 174 valence electrons. The number of ether oxygens (including phenoxy) is 2. The molecule has 1 N–H and O–H groups in total. The highest BCUT2D eigenvalue weighted by molar-refractivity contribution is 6.62. The highest BCUT2D eigenvalue weighted by Gasteiger charge is 2.51. The first kappa shape index (κ1) is 25.7. The Morgan fingerprint density at radius 3 is 2.13 bits per heavy atom. The van der Waals surface area contributed by atoms with Crippen molar-refractivity contribution in [3.8, 4) is 0 Å². The molecule has 0 aromatic heterocycles. The van der Waals surface area contributed by atoms with E-state index in [1.807, 2.05) is 20.8 Å². The van der Waals surface area contributed by atoms with Gasteiger partial charge in [0.15, 0.2) is 0 Å². The second kappa shape index (κ2) is 10.4. The highest BCUT2D eigenvalue weighted by atomic mass is 16.7. The van der Waals surface area contributed by atoms with Crippen LogP contribution in [0.25, 0.3) is 0 Å². The van der Waals surface area contributed by atoms with Crippen LogP contribution in [0.1, 0.15) is 79.2 Å². The van der Waals surface area contributed by atoms with Gasteiger partial charge in [-0.2, -0.15) is 0 Å². The molecule has 0 saturated carbocycles. The zero-order valence-electron chi connectivity index (χ0n) is 20.5. The molecule has 1 unspecified atom stereocenters. The summed E-state index contributed by atoms with van der Waals surface area (Å²) in [5.74, 6) is 0.282. The predicted octanol–water partition coefficient (Wildman–Crippen LogP) is 4.41. The first-order valence-electron chi connectivity index (χ1n) is 11.2. The summed E-state index contributed by atoms with van der Waals surface area (Å²) in [5.41, 5.74) is 1.21. The fraction of sp³-hybridized carbons (Fsp3) is 0.708. The Bertz CT molecular complexity index is 696. The second-order valence-electron chi connectivity index (χ2n) is 10.4. The second-order valence-corrected chi connectivity index (χ2v) is 10.4. The zero-order valence-corrected chi connectivity index (χ0v) is 20.5. The van der Waals surface area contributed by atoms with Crippen LogP contribution in [0.5, 0.6) is 0 Å². The summed E-state index contributed by atoms with van der Waals surface area (Å²) in [7, 11) is 1.35. The van der Waals surface area contributed by atoms with Gasteiger partial charge in [0.05, 0.1) is 17.8 Å². The van der Waals surface area contributed by atoms with Gasteiger partial charge in [0, 0.05) is 19.3 Å². The van der Waals surface area contributed by atoms with Crippen molar-refractivity contribution in [1.82, 2.24) is 5.32 Å². The molecule has 0 aliphatic carbocycles. The summed E-state index contributed by atoms with van der Waals surface area (Å²) in [6.45, 7) is 15.1. The molecule has 1 saturated heterocycles. The molecular formula is C24H40BNO5. The van der Waals surface area contributed by atoms with Crippen LogP contribution in [0.15, 0.2) is 24.3 Å². The molecule has 7 heteroatoms. The van der Waals surface area contributed by atoms with Gasteiger partial charge in [0.1, 0.15) is 0 Å². The molecular weight excluding hydrogens is 393 g/mol. The minimum Gasteiger partial charge on any atom is -0.450 e. The van der Waals surface area contributed by atoms with E-state index >= 15 is 0 Å². The molecule has 1 aliphatic rings. The van der Waals surface area contributed by atoms with Gasteiger partial charge < -0.3 is 24.1 Å². The first-order valence-corrected chi connectivity index (χ1v) is 11.2. The van der Waals surface area contributed by atoms with E-state index in [1.165, 1.54) is 5.56 Å². The number of nitrogens with one attached hydrogen (secondary N) is 1. The molecule has 1 aromatic rings. The van der Waals surface area contributed by atoms with Crippen LogP contribution < -0.4 is 10.8 Å². The topological polar surface area (TPSA) is 66.0 Å². The van der Waals surface area contributed by atoms with Crippen molar-refractivity contribution in [2.24, 2.45) is 0 Å². The van der Waals surface area contributed by atoms with Gasteiger partial charge in [-0.3, -0.25) is 0 Å². The summed E-state index contributed by atoms with van der Waals surface area (Å²) in [6, 6.07) is 8.42. The van der Waals surface area contributed by atoms with Crippen molar-refractivity contribution >= 4 is 18.7 Å². The van der Waals surface area contributed by atoms with E-state index in [0.717, 1.165) is 24.7 Å². The third kappa shape index (κ3) is 7.51. The van der Waals surface area contributed by atoms with Crippen LogP contribution in [0, 0.1) is 0 Å². The molecule has 2 rings (SSSR count). The minimum absolute atomic E-state index is 0.282. The van der Waals surface area contributed by atoms with Gasteiger partial charge in [0.25, 0.3) is 0 Å². The van der Waals surface area contributed by atoms with Crippen molar-refractivity contribution in [3.63, 3.8) is 0 Å². The first-order chi connectivity index (χ1) is 14.3. The molecule has 1 atom stereocenters. The van der Waals surface area contributed by atoms with Gasteiger partial charge in [-0.15, -0.1) is 0 Å². The average molecular weight is 433 g/mol. The molecule has 0 radical (unpaired) electrons. The number of hydrogen-bond acceptors (Lipinski definition) is 5. The van der Waals surface area contributed by atoms with E-state index in [9.17, 15) is 4.79 Å². The van der Waals surface area contributed by atoms with Crippen LogP contribution in [0.3, 0.4) is 0 Å². The number of alkyl carbamates (subject to hydrolysis) is 1. The fourth-order valence-electron chi connectivity index (χ4n) is 3.49. The SMILES string of the molecule is COCCCC(CCOC(=O)NC(C)(C)C)c1ccc(B2OC(C)(C)C(C)(C)O2)cc1. The number of carbonyl (C=O) groups is 1. The van der Waals surface area contributed by atoms with Crippen LogP contribution in [-0.4, -0.2) is 50.3 Å². The van der Waals surface area contributed by atoms with E-state index in [4.69, 9.17) is 18.8 Å². The maximum Gasteiger partial charge on any atom is 0.494 e. The van der Waals surface area contributed by atoms with E-state index in [1.54, 1.807) is 7.11 Å².